The zero-order valence-corrected chi connectivity index (χ0v) is 10.7. The summed E-state index contributed by atoms with van der Waals surface area (Å²) in [6, 6.07) is 0.306. The van der Waals surface area contributed by atoms with Gasteiger partial charge >= 0.3 is 0 Å². The molecule has 3 rings (SSSR count). The predicted molar refractivity (Wildman–Crippen MR) is 67.1 cm³/mol. The van der Waals surface area contributed by atoms with E-state index in [-0.39, 0.29) is 0 Å². The van der Waals surface area contributed by atoms with Crippen LogP contribution in [-0.2, 0) is 24.2 Å². The molecular formula is C13H20N4O. The monoisotopic (exact) mass is 248 g/mol. The topological polar surface area (TPSA) is 51.0 Å². The molecule has 1 amide bonds. The number of likely N-dealkylation sites (tertiary alicyclic amines) is 1. The maximum absolute atomic E-state index is 11.0. The second-order valence-electron chi connectivity index (χ2n) is 5.32. The predicted octanol–water partition coefficient (Wildman–Crippen LogP) is 1.17. The van der Waals surface area contributed by atoms with Gasteiger partial charge in [-0.3, -0.25) is 4.79 Å². The molecule has 0 N–H and O–H groups in total. The SMILES string of the molecule is O=CN1CCCCC1Cc1nc2n(n1)CCCC2. The van der Waals surface area contributed by atoms with Gasteiger partial charge in [0.15, 0.2) is 5.82 Å². The van der Waals surface area contributed by atoms with E-state index < -0.39 is 0 Å². The van der Waals surface area contributed by atoms with Crippen molar-refractivity contribution in [3.8, 4) is 0 Å². The van der Waals surface area contributed by atoms with Gasteiger partial charge in [-0.15, -0.1) is 0 Å². The molecule has 1 unspecified atom stereocenters. The lowest BCUT2D eigenvalue weighted by molar-refractivity contribution is -0.121. The number of aryl methyl sites for hydroxylation is 2. The van der Waals surface area contributed by atoms with Crippen LogP contribution in [0.4, 0.5) is 0 Å². The fourth-order valence-electron chi connectivity index (χ4n) is 3.01. The molecule has 5 nitrogen and oxygen atoms in total. The number of hydrogen-bond acceptors (Lipinski definition) is 3. The number of piperidine rings is 1. The lowest BCUT2D eigenvalue weighted by Gasteiger charge is -2.31. The van der Waals surface area contributed by atoms with Crippen molar-refractivity contribution in [3.05, 3.63) is 11.6 Å². The second kappa shape index (κ2) is 5.08. The molecule has 0 aliphatic carbocycles. The van der Waals surface area contributed by atoms with Crippen LogP contribution in [0.2, 0.25) is 0 Å². The lowest BCUT2D eigenvalue weighted by atomic mass is 10.00. The van der Waals surface area contributed by atoms with Crippen LogP contribution in [0.15, 0.2) is 0 Å². The van der Waals surface area contributed by atoms with Gasteiger partial charge in [-0.2, -0.15) is 5.10 Å². The van der Waals surface area contributed by atoms with Crippen molar-refractivity contribution in [1.29, 1.82) is 0 Å². The van der Waals surface area contributed by atoms with Gasteiger partial charge < -0.3 is 4.90 Å². The van der Waals surface area contributed by atoms with Crippen molar-refractivity contribution in [3.63, 3.8) is 0 Å². The molecule has 0 spiro atoms. The zero-order valence-electron chi connectivity index (χ0n) is 10.7. The standard InChI is InChI=1S/C13H20N4O/c18-10-16-7-3-1-5-11(16)9-12-14-13-6-2-4-8-17(13)15-12/h10-11H,1-9H2. The molecule has 18 heavy (non-hydrogen) atoms. The number of carbonyl (C=O) groups excluding carboxylic acids is 1. The molecule has 0 radical (unpaired) electrons. The van der Waals surface area contributed by atoms with E-state index >= 15 is 0 Å². The van der Waals surface area contributed by atoms with Crippen molar-refractivity contribution in [2.45, 2.75) is 57.5 Å². The molecule has 0 saturated carbocycles. The summed E-state index contributed by atoms with van der Waals surface area (Å²) in [5.74, 6) is 2.05. The van der Waals surface area contributed by atoms with Crippen LogP contribution < -0.4 is 0 Å². The first-order chi connectivity index (χ1) is 8.86. The maximum atomic E-state index is 11.0. The normalized spacial score (nSPS) is 23.8. The van der Waals surface area contributed by atoms with Gasteiger partial charge in [0.1, 0.15) is 5.82 Å². The van der Waals surface area contributed by atoms with E-state index in [1.807, 2.05) is 9.58 Å². The summed E-state index contributed by atoms with van der Waals surface area (Å²) in [5.41, 5.74) is 0. The van der Waals surface area contributed by atoms with E-state index in [0.29, 0.717) is 6.04 Å². The summed E-state index contributed by atoms with van der Waals surface area (Å²) in [7, 11) is 0. The number of amides is 1. The highest BCUT2D eigenvalue weighted by Gasteiger charge is 2.23. The minimum atomic E-state index is 0.306. The fourth-order valence-corrected chi connectivity index (χ4v) is 3.01. The van der Waals surface area contributed by atoms with Crippen molar-refractivity contribution < 1.29 is 4.79 Å². The van der Waals surface area contributed by atoms with Gasteiger partial charge in [0, 0.05) is 32.0 Å². The van der Waals surface area contributed by atoms with Crippen molar-refractivity contribution in [1.82, 2.24) is 19.7 Å². The number of hydrogen-bond donors (Lipinski definition) is 0. The van der Waals surface area contributed by atoms with Crippen LogP contribution in [0, 0.1) is 0 Å². The molecule has 1 aromatic rings. The fraction of sp³-hybridized carbons (Fsp3) is 0.769. The van der Waals surface area contributed by atoms with Crippen LogP contribution in [-0.4, -0.2) is 38.7 Å². The Morgan fingerprint density at radius 2 is 2.11 bits per heavy atom. The first-order valence-corrected chi connectivity index (χ1v) is 7.00. The molecule has 2 aliphatic heterocycles. The van der Waals surface area contributed by atoms with Crippen LogP contribution in [0.25, 0.3) is 0 Å². The van der Waals surface area contributed by atoms with Crippen molar-refractivity contribution >= 4 is 6.41 Å². The highest BCUT2D eigenvalue weighted by Crippen LogP contribution is 2.19. The van der Waals surface area contributed by atoms with E-state index in [4.69, 9.17) is 0 Å². The Morgan fingerprint density at radius 3 is 2.94 bits per heavy atom. The van der Waals surface area contributed by atoms with E-state index in [2.05, 4.69) is 10.1 Å². The molecule has 0 aromatic carbocycles. The summed E-state index contributed by atoms with van der Waals surface area (Å²) < 4.78 is 2.05. The minimum absolute atomic E-state index is 0.306. The summed E-state index contributed by atoms with van der Waals surface area (Å²) in [5, 5.41) is 4.58. The summed E-state index contributed by atoms with van der Waals surface area (Å²) in [4.78, 5) is 17.6. The Hall–Kier alpha value is -1.39. The quantitative estimate of drug-likeness (QED) is 0.754. The average Bonchev–Trinajstić information content (AvgIpc) is 2.81. The Morgan fingerprint density at radius 1 is 1.22 bits per heavy atom. The minimum Gasteiger partial charge on any atom is -0.342 e. The first-order valence-electron chi connectivity index (χ1n) is 7.00. The van der Waals surface area contributed by atoms with Gasteiger partial charge in [-0.25, -0.2) is 9.67 Å². The molecular weight excluding hydrogens is 228 g/mol. The van der Waals surface area contributed by atoms with Gasteiger partial charge in [0.25, 0.3) is 0 Å². The van der Waals surface area contributed by atoms with Gasteiger partial charge in [0.05, 0.1) is 0 Å². The Bertz CT molecular complexity index is 405. The smallest absolute Gasteiger partial charge is 0.209 e. The van der Waals surface area contributed by atoms with Crippen LogP contribution in [0.5, 0.6) is 0 Å². The van der Waals surface area contributed by atoms with Gasteiger partial charge in [-0.1, -0.05) is 0 Å². The number of rotatable bonds is 3. The summed E-state index contributed by atoms with van der Waals surface area (Å²) >= 11 is 0. The molecule has 98 valence electrons. The number of aromatic nitrogens is 3. The lowest BCUT2D eigenvalue weighted by Crippen LogP contribution is -2.40. The Balaban J connectivity index is 1.71. The third-order valence-electron chi connectivity index (χ3n) is 4.04. The van der Waals surface area contributed by atoms with Crippen molar-refractivity contribution in [2.24, 2.45) is 0 Å². The largest absolute Gasteiger partial charge is 0.342 e. The maximum Gasteiger partial charge on any atom is 0.209 e. The van der Waals surface area contributed by atoms with Crippen LogP contribution >= 0.6 is 0 Å². The van der Waals surface area contributed by atoms with Crippen LogP contribution in [0.1, 0.15) is 43.8 Å². The van der Waals surface area contributed by atoms with Gasteiger partial charge in [0.2, 0.25) is 6.41 Å². The molecule has 2 aliphatic rings. The first kappa shape index (κ1) is 11.7. The van der Waals surface area contributed by atoms with E-state index in [1.165, 1.54) is 19.3 Å². The molecule has 1 saturated heterocycles. The highest BCUT2D eigenvalue weighted by atomic mass is 16.1. The molecule has 0 bridgehead atoms. The molecule has 1 aromatic heterocycles. The van der Waals surface area contributed by atoms with E-state index in [9.17, 15) is 4.79 Å². The van der Waals surface area contributed by atoms with E-state index in [0.717, 1.165) is 56.8 Å². The number of nitrogens with zero attached hydrogens (tertiary/aromatic N) is 4. The summed E-state index contributed by atoms with van der Waals surface area (Å²) in [6.07, 6.45) is 8.71. The zero-order chi connectivity index (χ0) is 12.4. The highest BCUT2D eigenvalue weighted by molar-refractivity contribution is 5.48. The molecule has 5 heteroatoms. The average molecular weight is 248 g/mol. The van der Waals surface area contributed by atoms with Gasteiger partial charge in [-0.05, 0) is 32.1 Å². The Kier molecular flexibility index (Phi) is 3.30. The molecule has 3 heterocycles. The second-order valence-corrected chi connectivity index (χ2v) is 5.32. The van der Waals surface area contributed by atoms with Crippen molar-refractivity contribution in [2.75, 3.05) is 6.54 Å². The molecule has 1 fully saturated rings. The van der Waals surface area contributed by atoms with Crippen LogP contribution in [0.3, 0.4) is 0 Å². The van der Waals surface area contributed by atoms with E-state index in [1.54, 1.807) is 0 Å². The molecule has 1 atom stereocenters. The Labute approximate surface area is 107 Å². The number of carbonyl (C=O) groups is 1. The third-order valence-corrected chi connectivity index (χ3v) is 4.04. The number of fused-ring (bicyclic) bond motifs is 1. The summed E-state index contributed by atoms with van der Waals surface area (Å²) in [6.45, 7) is 1.89. The third kappa shape index (κ3) is 2.26.